The second-order valence-corrected chi connectivity index (χ2v) is 10.0. The van der Waals surface area contributed by atoms with Crippen LogP contribution >= 0.6 is 0 Å². The summed E-state index contributed by atoms with van der Waals surface area (Å²) in [7, 11) is 0. The third kappa shape index (κ3) is 5.38. The average Bonchev–Trinajstić information content (AvgIpc) is 2.69. The summed E-state index contributed by atoms with van der Waals surface area (Å²) in [6, 6.07) is 10.2. The Bertz CT molecular complexity index is 1150. The van der Waals surface area contributed by atoms with E-state index in [9.17, 15) is 18.0 Å². The Morgan fingerprint density at radius 3 is 1.73 bits per heavy atom. The number of azo groups is 1. The van der Waals surface area contributed by atoms with Gasteiger partial charge in [-0.3, -0.25) is 4.79 Å². The van der Waals surface area contributed by atoms with Crippen LogP contribution in [0.25, 0.3) is 5.70 Å². The lowest BCUT2D eigenvalue weighted by atomic mass is 9.71. The van der Waals surface area contributed by atoms with Gasteiger partial charge in [0.15, 0.2) is 23.1 Å². The van der Waals surface area contributed by atoms with Crippen molar-refractivity contribution in [3.8, 4) is 0 Å². The fraction of sp³-hybridized carbons (Fsp3) is 0.296. The van der Waals surface area contributed by atoms with Crippen LogP contribution in [0.5, 0.6) is 0 Å². The zero-order chi connectivity index (χ0) is 24.6. The smallest absolute Gasteiger partial charge is 0.186 e. The van der Waals surface area contributed by atoms with Crippen molar-refractivity contribution in [2.45, 2.75) is 41.5 Å². The lowest BCUT2D eigenvalue weighted by Crippen LogP contribution is -2.28. The SMILES string of the molecule is CC(C)(C)C1=CC(=C(N=Nc2c(F)cc(F)cc2F)c2ccccc2)C=C(C(C)(C)C)C1=O. The van der Waals surface area contributed by atoms with Gasteiger partial charge >= 0.3 is 0 Å². The molecule has 2 aromatic carbocycles. The van der Waals surface area contributed by atoms with Crippen molar-refractivity contribution in [2.75, 3.05) is 0 Å². The summed E-state index contributed by atoms with van der Waals surface area (Å²) >= 11 is 0. The van der Waals surface area contributed by atoms with Crippen LogP contribution in [0.2, 0.25) is 0 Å². The second-order valence-electron chi connectivity index (χ2n) is 10.0. The number of allylic oxidation sites excluding steroid dienone is 5. The summed E-state index contributed by atoms with van der Waals surface area (Å²) in [5, 5.41) is 8.00. The van der Waals surface area contributed by atoms with Gasteiger partial charge in [-0.25, -0.2) is 13.2 Å². The molecule has 1 aliphatic carbocycles. The maximum absolute atomic E-state index is 14.2. The lowest BCUT2D eigenvalue weighted by molar-refractivity contribution is -0.114. The maximum Gasteiger partial charge on any atom is 0.186 e. The van der Waals surface area contributed by atoms with Crippen LogP contribution in [-0.2, 0) is 4.79 Å². The van der Waals surface area contributed by atoms with Gasteiger partial charge in [-0.05, 0) is 23.0 Å². The number of ketones is 1. The predicted molar refractivity (Wildman–Crippen MR) is 124 cm³/mol. The normalized spacial score (nSPS) is 15.1. The summed E-state index contributed by atoms with van der Waals surface area (Å²) < 4.78 is 41.7. The standard InChI is InChI=1S/C27H27F3N2O/c1-26(2,3)19-12-17(13-20(25(19)33)27(4,5)6)23(16-10-8-7-9-11-16)31-32-24-21(29)14-18(28)15-22(24)30/h7-15H,1-6H3. The van der Waals surface area contributed by atoms with E-state index in [1.807, 2.05) is 47.6 Å². The van der Waals surface area contributed by atoms with Gasteiger partial charge in [0.05, 0.1) is 0 Å². The Hall–Kier alpha value is -3.28. The van der Waals surface area contributed by atoms with E-state index in [1.165, 1.54) is 0 Å². The molecular weight excluding hydrogens is 425 g/mol. The molecule has 2 aromatic rings. The Kier molecular flexibility index (Phi) is 6.59. The van der Waals surface area contributed by atoms with Crippen molar-refractivity contribution in [1.29, 1.82) is 0 Å². The van der Waals surface area contributed by atoms with Gasteiger partial charge < -0.3 is 0 Å². The highest BCUT2D eigenvalue weighted by molar-refractivity contribution is 6.12. The minimum atomic E-state index is -1.15. The first-order valence-corrected chi connectivity index (χ1v) is 10.6. The maximum atomic E-state index is 14.2. The van der Waals surface area contributed by atoms with E-state index in [2.05, 4.69) is 10.2 Å². The molecule has 3 rings (SSSR count). The largest absolute Gasteiger partial charge is 0.289 e. The van der Waals surface area contributed by atoms with Crippen molar-refractivity contribution < 1.29 is 18.0 Å². The molecule has 0 saturated heterocycles. The van der Waals surface area contributed by atoms with E-state index in [0.29, 0.717) is 40.1 Å². The molecule has 6 heteroatoms. The molecule has 0 radical (unpaired) electrons. The number of benzene rings is 2. The van der Waals surface area contributed by atoms with Gasteiger partial charge in [0, 0.05) is 34.4 Å². The highest BCUT2D eigenvalue weighted by Crippen LogP contribution is 2.41. The van der Waals surface area contributed by atoms with E-state index in [-0.39, 0.29) is 5.78 Å². The molecule has 0 N–H and O–H groups in total. The van der Waals surface area contributed by atoms with Crippen molar-refractivity contribution in [3.63, 3.8) is 0 Å². The number of carbonyl (C=O) groups is 1. The first kappa shape index (κ1) is 24.4. The summed E-state index contributed by atoms with van der Waals surface area (Å²) in [4.78, 5) is 13.3. The van der Waals surface area contributed by atoms with E-state index in [1.54, 1.807) is 36.4 Å². The van der Waals surface area contributed by atoms with Crippen LogP contribution in [0.1, 0.15) is 47.1 Å². The molecule has 3 nitrogen and oxygen atoms in total. The molecule has 0 aliphatic heterocycles. The Morgan fingerprint density at radius 1 is 0.788 bits per heavy atom. The van der Waals surface area contributed by atoms with Gasteiger partial charge in [-0.1, -0.05) is 71.9 Å². The number of carbonyl (C=O) groups excluding carboxylic acids is 1. The molecule has 0 atom stereocenters. The topological polar surface area (TPSA) is 41.8 Å². The number of nitrogens with zero attached hydrogens (tertiary/aromatic N) is 2. The third-order valence-corrected chi connectivity index (χ3v) is 5.26. The molecule has 0 unspecified atom stereocenters. The first-order chi connectivity index (χ1) is 15.3. The number of halogens is 3. The third-order valence-electron chi connectivity index (χ3n) is 5.26. The summed E-state index contributed by atoms with van der Waals surface area (Å²) in [5.41, 5.74) is 1.24. The minimum absolute atomic E-state index is 0.0428. The highest BCUT2D eigenvalue weighted by atomic mass is 19.1. The minimum Gasteiger partial charge on any atom is -0.289 e. The van der Waals surface area contributed by atoms with Gasteiger partial charge in [0.1, 0.15) is 11.5 Å². The molecule has 0 aromatic heterocycles. The van der Waals surface area contributed by atoms with E-state index >= 15 is 0 Å². The van der Waals surface area contributed by atoms with Crippen molar-refractivity contribution in [3.05, 3.63) is 94.4 Å². The van der Waals surface area contributed by atoms with E-state index < -0.39 is 34.0 Å². The fourth-order valence-electron chi connectivity index (χ4n) is 3.49. The van der Waals surface area contributed by atoms with Gasteiger partial charge in [0.25, 0.3) is 0 Å². The monoisotopic (exact) mass is 452 g/mol. The van der Waals surface area contributed by atoms with Gasteiger partial charge in [-0.15, -0.1) is 10.2 Å². The van der Waals surface area contributed by atoms with E-state index in [4.69, 9.17) is 0 Å². The van der Waals surface area contributed by atoms with Crippen LogP contribution in [0.4, 0.5) is 18.9 Å². The first-order valence-electron chi connectivity index (χ1n) is 10.6. The van der Waals surface area contributed by atoms with E-state index in [0.717, 1.165) is 0 Å². The molecule has 172 valence electrons. The number of hydrogen-bond acceptors (Lipinski definition) is 3. The van der Waals surface area contributed by atoms with Crippen LogP contribution < -0.4 is 0 Å². The molecule has 33 heavy (non-hydrogen) atoms. The van der Waals surface area contributed by atoms with Crippen LogP contribution in [-0.4, -0.2) is 5.78 Å². The fourth-order valence-corrected chi connectivity index (χ4v) is 3.49. The quantitative estimate of drug-likeness (QED) is 0.434. The van der Waals surface area contributed by atoms with Crippen LogP contribution in [0, 0.1) is 28.3 Å². The predicted octanol–water partition coefficient (Wildman–Crippen LogP) is 8.13. The number of rotatable bonds is 3. The Labute approximate surface area is 192 Å². The van der Waals surface area contributed by atoms with Crippen molar-refractivity contribution in [1.82, 2.24) is 0 Å². The summed E-state index contributed by atoms with van der Waals surface area (Å²) in [6.45, 7) is 11.7. The zero-order valence-corrected chi connectivity index (χ0v) is 19.6. The Morgan fingerprint density at radius 2 is 1.27 bits per heavy atom. The molecule has 1 aliphatic rings. The van der Waals surface area contributed by atoms with Gasteiger partial charge in [-0.2, -0.15) is 0 Å². The van der Waals surface area contributed by atoms with Crippen molar-refractivity contribution >= 4 is 17.2 Å². The number of Topliss-reactive ketones (excluding diaryl/α,β-unsaturated/α-hetero) is 1. The van der Waals surface area contributed by atoms with Crippen LogP contribution in [0.3, 0.4) is 0 Å². The molecule has 0 spiro atoms. The lowest BCUT2D eigenvalue weighted by Gasteiger charge is -2.31. The van der Waals surface area contributed by atoms with Gasteiger partial charge in [0.2, 0.25) is 0 Å². The average molecular weight is 453 g/mol. The van der Waals surface area contributed by atoms with Crippen molar-refractivity contribution in [2.24, 2.45) is 21.1 Å². The summed E-state index contributed by atoms with van der Waals surface area (Å²) in [6.07, 6.45) is 3.52. The molecule has 0 fully saturated rings. The summed E-state index contributed by atoms with van der Waals surface area (Å²) in [5.74, 6) is -3.38. The molecule has 0 heterocycles. The van der Waals surface area contributed by atoms with Crippen LogP contribution in [0.15, 0.2) is 81.6 Å². The number of hydrogen-bond donors (Lipinski definition) is 0. The highest BCUT2D eigenvalue weighted by Gasteiger charge is 2.34. The molecule has 0 amide bonds. The molecular formula is C27H27F3N2O. The zero-order valence-electron chi connectivity index (χ0n) is 19.6. The Balaban J connectivity index is 2.31. The molecule has 0 saturated carbocycles. The second kappa shape index (κ2) is 8.93. The molecule has 0 bridgehead atoms.